The molecule has 0 unspecified atom stereocenters. The number of aryl methyl sites for hydroxylation is 1. The Kier molecular flexibility index (Phi) is 3.62. The van der Waals surface area contributed by atoms with E-state index >= 15 is 0 Å². The Morgan fingerprint density at radius 3 is 2.69 bits per heavy atom. The normalized spacial score (nSPS) is 17.2. The highest BCUT2D eigenvalue weighted by Gasteiger charge is 2.09. The molecule has 2 rings (SSSR count). The van der Waals surface area contributed by atoms with Gasteiger partial charge in [0.1, 0.15) is 5.75 Å². The van der Waals surface area contributed by atoms with Crippen LogP contribution in [0.5, 0.6) is 5.75 Å². The largest absolute Gasteiger partial charge is 0.465 e. The molecule has 1 fully saturated rings. The molecule has 2 nitrogen and oxygen atoms in total. The van der Waals surface area contributed by atoms with Gasteiger partial charge in [0, 0.05) is 13.1 Å². The number of hydrogen-bond donors (Lipinski definition) is 0. The van der Waals surface area contributed by atoms with E-state index in [4.69, 9.17) is 4.74 Å². The summed E-state index contributed by atoms with van der Waals surface area (Å²) in [6, 6.07) is 8.17. The zero-order valence-electron chi connectivity index (χ0n) is 10.1. The second kappa shape index (κ2) is 5.17. The van der Waals surface area contributed by atoms with Crippen LogP contribution in [0, 0.1) is 6.92 Å². The van der Waals surface area contributed by atoms with E-state index in [0.29, 0.717) is 0 Å². The molecule has 0 amide bonds. The first-order chi connectivity index (χ1) is 7.74. The van der Waals surface area contributed by atoms with Gasteiger partial charge in [0.15, 0.2) is 0 Å². The topological polar surface area (TPSA) is 12.5 Å². The van der Waals surface area contributed by atoms with Crippen LogP contribution in [-0.4, -0.2) is 25.0 Å². The summed E-state index contributed by atoms with van der Waals surface area (Å²) in [6.07, 6.45) is 4.19. The highest BCUT2D eigenvalue weighted by molar-refractivity contribution is 5.28. The highest BCUT2D eigenvalue weighted by atomic mass is 16.5. The van der Waals surface area contributed by atoms with Gasteiger partial charge in [-0.15, -0.1) is 0 Å². The predicted molar refractivity (Wildman–Crippen MR) is 66.6 cm³/mol. The van der Waals surface area contributed by atoms with Crippen molar-refractivity contribution in [3.8, 4) is 5.75 Å². The maximum atomic E-state index is 5.68. The molecule has 0 radical (unpaired) electrons. The summed E-state index contributed by atoms with van der Waals surface area (Å²) in [5.74, 6) is 0.937. The minimum atomic E-state index is 0.937. The summed E-state index contributed by atoms with van der Waals surface area (Å²) in [5, 5.41) is 0. The van der Waals surface area contributed by atoms with Crippen LogP contribution in [0.25, 0.3) is 0 Å². The second-order valence-electron chi connectivity index (χ2n) is 4.51. The monoisotopic (exact) mass is 217 g/mol. The standard InChI is InChI=1S/C14H19NO/c1-12-4-3-5-14(10-12)16-11-13-6-8-15(2)9-7-13/h3-5,10-11H,6-9H2,1-2H3. The average molecular weight is 217 g/mol. The first kappa shape index (κ1) is 11.2. The lowest BCUT2D eigenvalue weighted by Crippen LogP contribution is -2.26. The maximum absolute atomic E-state index is 5.68. The Morgan fingerprint density at radius 2 is 2.00 bits per heavy atom. The van der Waals surface area contributed by atoms with E-state index in [1.807, 2.05) is 18.4 Å². The van der Waals surface area contributed by atoms with Gasteiger partial charge < -0.3 is 9.64 Å². The Bertz CT molecular complexity index is 374. The van der Waals surface area contributed by atoms with Crippen molar-refractivity contribution in [3.63, 3.8) is 0 Å². The van der Waals surface area contributed by atoms with Crippen LogP contribution in [0.1, 0.15) is 18.4 Å². The molecule has 1 aromatic carbocycles. The van der Waals surface area contributed by atoms with Gasteiger partial charge in [-0.05, 0) is 50.1 Å². The molecule has 16 heavy (non-hydrogen) atoms. The van der Waals surface area contributed by atoms with Crippen LogP contribution in [0.2, 0.25) is 0 Å². The number of ether oxygens (including phenoxy) is 1. The van der Waals surface area contributed by atoms with Gasteiger partial charge in [-0.3, -0.25) is 0 Å². The van der Waals surface area contributed by atoms with Gasteiger partial charge in [0.25, 0.3) is 0 Å². The van der Waals surface area contributed by atoms with Crippen LogP contribution < -0.4 is 4.74 Å². The molecule has 0 bridgehead atoms. The number of hydrogen-bond acceptors (Lipinski definition) is 2. The molecule has 0 aromatic heterocycles. The van der Waals surface area contributed by atoms with Crippen molar-refractivity contribution in [1.82, 2.24) is 4.90 Å². The summed E-state index contributed by atoms with van der Waals surface area (Å²) in [5.41, 5.74) is 2.65. The van der Waals surface area contributed by atoms with E-state index in [0.717, 1.165) is 31.7 Å². The third-order valence-electron chi connectivity index (χ3n) is 2.98. The molecule has 0 spiro atoms. The minimum absolute atomic E-state index is 0.937. The summed E-state index contributed by atoms with van der Waals surface area (Å²) >= 11 is 0. The number of benzene rings is 1. The van der Waals surface area contributed by atoms with Crippen LogP contribution in [0.15, 0.2) is 36.1 Å². The molecule has 0 aliphatic carbocycles. The smallest absolute Gasteiger partial charge is 0.126 e. The van der Waals surface area contributed by atoms with Crippen molar-refractivity contribution in [2.24, 2.45) is 0 Å². The highest BCUT2D eigenvalue weighted by Crippen LogP contribution is 2.17. The van der Waals surface area contributed by atoms with E-state index in [9.17, 15) is 0 Å². The first-order valence-electron chi connectivity index (χ1n) is 5.84. The predicted octanol–water partition coefficient (Wildman–Crippen LogP) is 2.98. The fourth-order valence-corrected chi connectivity index (χ4v) is 1.86. The third kappa shape index (κ3) is 3.11. The van der Waals surface area contributed by atoms with E-state index in [1.165, 1.54) is 11.1 Å². The minimum Gasteiger partial charge on any atom is -0.465 e. The van der Waals surface area contributed by atoms with E-state index in [-0.39, 0.29) is 0 Å². The molecule has 1 saturated heterocycles. The van der Waals surface area contributed by atoms with Crippen molar-refractivity contribution in [1.29, 1.82) is 0 Å². The van der Waals surface area contributed by atoms with Gasteiger partial charge in [0.05, 0.1) is 6.26 Å². The SMILES string of the molecule is Cc1cccc(OC=C2CCN(C)CC2)c1. The molecule has 86 valence electrons. The Morgan fingerprint density at radius 1 is 1.25 bits per heavy atom. The summed E-state index contributed by atoms with van der Waals surface area (Å²) in [4.78, 5) is 2.35. The lowest BCUT2D eigenvalue weighted by molar-refractivity contribution is 0.307. The van der Waals surface area contributed by atoms with Gasteiger partial charge >= 0.3 is 0 Å². The zero-order valence-corrected chi connectivity index (χ0v) is 10.1. The number of rotatable bonds is 2. The zero-order chi connectivity index (χ0) is 11.4. The molecule has 0 saturated carbocycles. The van der Waals surface area contributed by atoms with Crippen molar-refractivity contribution >= 4 is 0 Å². The van der Waals surface area contributed by atoms with Crippen molar-refractivity contribution < 1.29 is 4.74 Å². The van der Waals surface area contributed by atoms with Gasteiger partial charge in [0.2, 0.25) is 0 Å². The lowest BCUT2D eigenvalue weighted by atomic mass is 10.1. The molecule has 2 heteroatoms. The number of likely N-dealkylation sites (tertiary alicyclic amines) is 1. The summed E-state index contributed by atoms with van der Waals surface area (Å²) in [6.45, 7) is 4.36. The Hall–Kier alpha value is -1.28. The number of nitrogens with zero attached hydrogens (tertiary/aromatic N) is 1. The van der Waals surface area contributed by atoms with Crippen molar-refractivity contribution in [2.45, 2.75) is 19.8 Å². The molecular weight excluding hydrogens is 198 g/mol. The van der Waals surface area contributed by atoms with Gasteiger partial charge in [-0.25, -0.2) is 0 Å². The van der Waals surface area contributed by atoms with Gasteiger partial charge in [-0.1, -0.05) is 12.1 Å². The van der Waals surface area contributed by atoms with Gasteiger partial charge in [-0.2, -0.15) is 0 Å². The van der Waals surface area contributed by atoms with E-state index in [2.05, 4.69) is 31.0 Å². The lowest BCUT2D eigenvalue weighted by Gasteiger charge is -2.23. The third-order valence-corrected chi connectivity index (χ3v) is 2.98. The van der Waals surface area contributed by atoms with Crippen LogP contribution in [-0.2, 0) is 0 Å². The van der Waals surface area contributed by atoms with E-state index in [1.54, 1.807) is 0 Å². The fourth-order valence-electron chi connectivity index (χ4n) is 1.86. The van der Waals surface area contributed by atoms with Crippen LogP contribution in [0.4, 0.5) is 0 Å². The average Bonchev–Trinajstić information content (AvgIpc) is 2.28. The number of piperidine rings is 1. The Balaban J connectivity index is 1.93. The molecule has 1 aliphatic heterocycles. The van der Waals surface area contributed by atoms with Crippen molar-refractivity contribution in [3.05, 3.63) is 41.7 Å². The fraction of sp³-hybridized carbons (Fsp3) is 0.429. The van der Waals surface area contributed by atoms with E-state index < -0.39 is 0 Å². The maximum Gasteiger partial charge on any atom is 0.126 e. The molecule has 1 aliphatic rings. The molecule has 0 atom stereocenters. The molecule has 1 heterocycles. The second-order valence-corrected chi connectivity index (χ2v) is 4.51. The summed E-state index contributed by atoms with van der Waals surface area (Å²) in [7, 11) is 2.16. The quantitative estimate of drug-likeness (QED) is 0.706. The summed E-state index contributed by atoms with van der Waals surface area (Å²) < 4.78 is 5.68. The Labute approximate surface area is 97.5 Å². The van der Waals surface area contributed by atoms with Crippen molar-refractivity contribution in [2.75, 3.05) is 20.1 Å². The van der Waals surface area contributed by atoms with Crippen LogP contribution in [0.3, 0.4) is 0 Å². The first-order valence-corrected chi connectivity index (χ1v) is 5.84. The molecular formula is C14H19NO. The molecule has 1 aromatic rings. The molecule has 0 N–H and O–H groups in total. The van der Waals surface area contributed by atoms with Crippen LogP contribution >= 0.6 is 0 Å².